The van der Waals surface area contributed by atoms with E-state index in [1.807, 2.05) is 64.1 Å². The lowest BCUT2D eigenvalue weighted by Crippen LogP contribution is -1.89. The first kappa shape index (κ1) is 33.3. The van der Waals surface area contributed by atoms with Crippen molar-refractivity contribution in [1.82, 2.24) is 19.2 Å². The normalized spacial score (nSPS) is 9.67. The Bertz CT molecular complexity index is 929. The lowest BCUT2D eigenvalue weighted by Gasteiger charge is -1.99. The van der Waals surface area contributed by atoms with Gasteiger partial charge in [0, 0.05) is 6.92 Å². The quantitative estimate of drug-likeness (QED) is 0.266. The van der Waals surface area contributed by atoms with Crippen LogP contribution in [0.25, 0.3) is 5.57 Å². The molecule has 3 aromatic rings. The standard InChI is InChI=1S/C7H9BN2S.C6H6.C5H6N2OS.C2H4BP.C2H5B/c1-4(5(2)8)7-6(3)9-10-11-7;1-2-4-6-5-3-1;1-3-5(4(2)8)9-7-6-3;1-2(3)4;1-2-3/h1-3H3;1-6H;1-2H3;4H,1H3;2H2,1H3. The Hall–Kier alpha value is -1.89. The van der Waals surface area contributed by atoms with Crippen molar-refractivity contribution in [3.63, 3.8) is 0 Å². The van der Waals surface area contributed by atoms with E-state index in [2.05, 4.69) is 28.0 Å². The summed E-state index contributed by atoms with van der Waals surface area (Å²) in [5.41, 5.74) is 3.60. The number of carbonyl (C=O) groups excluding carboxylic acids is 1. The third-order valence-electron chi connectivity index (χ3n) is 3.22. The van der Waals surface area contributed by atoms with Gasteiger partial charge in [-0.15, -0.1) is 29.7 Å². The van der Waals surface area contributed by atoms with Crippen LogP contribution in [-0.4, -0.2) is 53.7 Å². The van der Waals surface area contributed by atoms with E-state index in [0.29, 0.717) is 4.88 Å². The highest BCUT2D eigenvalue weighted by molar-refractivity contribution is 7.28. The number of carbonyl (C=O) groups is 1. The van der Waals surface area contributed by atoms with Crippen molar-refractivity contribution in [1.29, 1.82) is 0 Å². The fraction of sp³-hybridized carbons (Fsp3) is 0.364. The van der Waals surface area contributed by atoms with E-state index >= 15 is 0 Å². The van der Waals surface area contributed by atoms with Crippen LogP contribution >= 0.6 is 31.9 Å². The molecule has 0 atom stereocenters. The maximum atomic E-state index is 10.7. The average molecular weight is 494 g/mol. The molecule has 0 unspecified atom stereocenters. The van der Waals surface area contributed by atoms with Gasteiger partial charge in [-0.1, -0.05) is 65.5 Å². The summed E-state index contributed by atoms with van der Waals surface area (Å²) in [6, 6.07) is 12.0. The Labute approximate surface area is 213 Å². The molecule has 3 rings (SSSR count). The van der Waals surface area contributed by atoms with E-state index in [-0.39, 0.29) is 5.78 Å². The van der Waals surface area contributed by atoms with Gasteiger partial charge in [0.1, 0.15) is 20.6 Å². The topological polar surface area (TPSA) is 68.6 Å². The molecule has 2 heterocycles. The number of aromatic nitrogens is 4. The Morgan fingerprint density at radius 1 is 0.848 bits per heavy atom. The molecule has 0 aliphatic carbocycles. The number of nitrogens with zero attached hydrogens (tertiary/aromatic N) is 4. The van der Waals surface area contributed by atoms with E-state index in [1.54, 1.807) is 13.8 Å². The number of benzene rings is 1. The van der Waals surface area contributed by atoms with Crippen molar-refractivity contribution in [3.05, 3.63) is 63.0 Å². The molecule has 5 nitrogen and oxygen atoms in total. The number of rotatable bonds is 2. The van der Waals surface area contributed by atoms with Crippen LogP contribution in [0.4, 0.5) is 0 Å². The van der Waals surface area contributed by atoms with Crippen molar-refractivity contribution >= 4 is 72.0 Å². The number of Topliss-reactive ketones (excluding diaryl/α,β-unsaturated/α-hetero) is 1. The Kier molecular flexibility index (Phi) is 20.9. The Morgan fingerprint density at radius 3 is 1.33 bits per heavy atom. The van der Waals surface area contributed by atoms with Crippen LogP contribution in [0.15, 0.2) is 41.9 Å². The van der Waals surface area contributed by atoms with Gasteiger partial charge in [0.2, 0.25) is 0 Å². The molecule has 33 heavy (non-hydrogen) atoms. The van der Waals surface area contributed by atoms with Gasteiger partial charge in [-0.3, -0.25) is 4.79 Å². The van der Waals surface area contributed by atoms with E-state index in [9.17, 15) is 4.79 Å². The zero-order chi connectivity index (χ0) is 25.8. The zero-order valence-corrected chi connectivity index (χ0v) is 23.0. The first-order valence-electron chi connectivity index (χ1n) is 10.0. The summed E-state index contributed by atoms with van der Waals surface area (Å²) in [6.45, 7) is 12.8. The molecule has 2 aromatic heterocycles. The fourth-order valence-electron chi connectivity index (χ4n) is 1.69. The Morgan fingerprint density at radius 2 is 1.15 bits per heavy atom. The minimum atomic E-state index is 0.0440. The molecule has 11 heteroatoms. The molecular formula is C22H30B3N4OPS2. The summed E-state index contributed by atoms with van der Waals surface area (Å²) >= 11 is 2.53. The highest BCUT2D eigenvalue weighted by Gasteiger charge is 2.06. The summed E-state index contributed by atoms with van der Waals surface area (Å²) in [7, 11) is 18.4. The molecule has 0 amide bonds. The predicted molar refractivity (Wildman–Crippen MR) is 151 cm³/mol. The van der Waals surface area contributed by atoms with Gasteiger partial charge in [0.25, 0.3) is 0 Å². The number of hydrogen-bond donors (Lipinski definition) is 0. The molecular weight excluding hydrogens is 464 g/mol. The van der Waals surface area contributed by atoms with Crippen molar-refractivity contribution in [3.8, 4) is 0 Å². The third kappa shape index (κ3) is 18.3. The van der Waals surface area contributed by atoms with Gasteiger partial charge in [0.05, 0.1) is 24.1 Å². The lowest BCUT2D eigenvalue weighted by atomic mass is 9.92. The monoisotopic (exact) mass is 494 g/mol. The van der Waals surface area contributed by atoms with Crippen LogP contribution in [0, 0.1) is 13.8 Å². The smallest absolute Gasteiger partial charge is 0.173 e. The third-order valence-corrected chi connectivity index (χ3v) is 5.10. The molecule has 170 valence electrons. The van der Waals surface area contributed by atoms with Crippen LogP contribution in [-0.2, 0) is 0 Å². The molecule has 0 aliphatic heterocycles. The van der Waals surface area contributed by atoms with E-state index in [0.717, 1.165) is 50.4 Å². The maximum absolute atomic E-state index is 10.7. The SMILES string of the molecule is CC(=O)c1snnc1C.[B]C(C)=C(C)c1snnc1C.[B]C(C)=P.[B]CC.c1ccccc1. The van der Waals surface area contributed by atoms with Gasteiger partial charge in [0.15, 0.2) is 5.78 Å². The molecule has 0 N–H and O–H groups in total. The summed E-state index contributed by atoms with van der Waals surface area (Å²) in [4.78, 5) is 12.4. The predicted octanol–water partition coefficient (Wildman–Crippen LogP) is 5.54. The van der Waals surface area contributed by atoms with Crippen LogP contribution in [0.2, 0.25) is 6.32 Å². The largest absolute Gasteiger partial charge is 0.293 e. The van der Waals surface area contributed by atoms with E-state index < -0.39 is 0 Å². The number of ketones is 1. The van der Waals surface area contributed by atoms with Crippen LogP contribution in [0.1, 0.15) is 60.6 Å². The highest BCUT2D eigenvalue weighted by Crippen LogP contribution is 2.21. The maximum Gasteiger partial charge on any atom is 0.173 e. The fourth-order valence-corrected chi connectivity index (χ4v) is 2.95. The molecule has 0 saturated heterocycles. The van der Waals surface area contributed by atoms with Crippen LogP contribution in [0.5, 0.6) is 0 Å². The van der Waals surface area contributed by atoms with Gasteiger partial charge < -0.3 is 0 Å². The number of allylic oxidation sites excluding steroid dienone is 2. The molecule has 1 aromatic carbocycles. The van der Waals surface area contributed by atoms with Gasteiger partial charge >= 0.3 is 0 Å². The first-order chi connectivity index (χ1) is 15.5. The van der Waals surface area contributed by atoms with Crippen LogP contribution < -0.4 is 0 Å². The molecule has 0 bridgehead atoms. The van der Waals surface area contributed by atoms with Gasteiger partial charge in [-0.05, 0) is 56.3 Å². The average Bonchev–Trinajstić information content (AvgIpc) is 3.38. The summed E-state index contributed by atoms with van der Waals surface area (Å²) < 4.78 is 7.44. The molecule has 0 aliphatic rings. The number of hydrogen-bond acceptors (Lipinski definition) is 7. The van der Waals surface area contributed by atoms with Crippen molar-refractivity contribution in [2.45, 2.75) is 54.8 Å². The van der Waals surface area contributed by atoms with E-state index in [4.69, 9.17) is 23.5 Å². The lowest BCUT2D eigenvalue weighted by molar-refractivity contribution is 0.102. The Balaban J connectivity index is 0. The second kappa shape index (κ2) is 20.7. The highest BCUT2D eigenvalue weighted by atomic mass is 32.1. The minimum absolute atomic E-state index is 0.0440. The van der Waals surface area contributed by atoms with Crippen molar-refractivity contribution < 1.29 is 4.79 Å². The second-order valence-corrected chi connectivity index (χ2v) is 8.78. The summed E-state index contributed by atoms with van der Waals surface area (Å²) in [6.07, 6.45) is 0.750. The second-order valence-electron chi connectivity index (χ2n) is 6.49. The molecule has 0 saturated carbocycles. The van der Waals surface area contributed by atoms with Gasteiger partial charge in [-0.25, -0.2) is 0 Å². The zero-order valence-electron chi connectivity index (χ0n) is 20.4. The van der Waals surface area contributed by atoms with Crippen molar-refractivity contribution in [2.75, 3.05) is 0 Å². The summed E-state index contributed by atoms with van der Waals surface area (Å²) in [5, 5.41) is 8.31. The molecule has 0 spiro atoms. The minimum Gasteiger partial charge on any atom is -0.293 e. The molecule has 6 radical (unpaired) electrons. The number of aryl methyl sites for hydroxylation is 2. The van der Waals surface area contributed by atoms with Crippen LogP contribution in [0.3, 0.4) is 0 Å². The summed E-state index contributed by atoms with van der Waals surface area (Å²) in [5.74, 6) is 0.0440. The van der Waals surface area contributed by atoms with Gasteiger partial charge in [-0.2, -0.15) is 0 Å². The van der Waals surface area contributed by atoms with Crippen molar-refractivity contribution in [2.24, 2.45) is 0 Å². The first-order valence-corrected chi connectivity index (χ1v) is 12.1. The molecule has 0 fully saturated rings. The van der Waals surface area contributed by atoms with E-state index in [1.165, 1.54) is 18.5 Å².